The highest BCUT2D eigenvalue weighted by Crippen LogP contribution is 2.42. The van der Waals surface area contributed by atoms with Crippen LogP contribution in [0.25, 0.3) is 6.08 Å². The van der Waals surface area contributed by atoms with E-state index in [0.717, 1.165) is 37.0 Å². The fourth-order valence-electron chi connectivity index (χ4n) is 3.24. The normalized spacial score (nSPS) is 18.9. The number of allylic oxidation sites excluding steroid dienone is 2. The SMILES string of the molecule is CCCCCc1cc(O)c2c(c1C)OC(C)(CCC=C(C)C)C=C2. The van der Waals surface area contributed by atoms with Gasteiger partial charge in [-0.15, -0.1) is 0 Å². The second-order valence-corrected chi connectivity index (χ2v) is 7.45. The van der Waals surface area contributed by atoms with Gasteiger partial charge in [-0.25, -0.2) is 0 Å². The monoisotopic (exact) mass is 328 g/mol. The van der Waals surface area contributed by atoms with Crippen LogP contribution in [0.1, 0.15) is 76.5 Å². The zero-order valence-electron chi connectivity index (χ0n) is 15.9. The first kappa shape index (κ1) is 18.6. The molecule has 0 aliphatic carbocycles. The fraction of sp³-hybridized carbons (Fsp3) is 0.545. The minimum absolute atomic E-state index is 0.307. The van der Waals surface area contributed by atoms with Crippen molar-refractivity contribution in [3.05, 3.63) is 40.5 Å². The first-order valence-electron chi connectivity index (χ1n) is 9.23. The number of fused-ring (bicyclic) bond motifs is 1. The molecule has 1 aromatic rings. The number of aryl methyl sites for hydroxylation is 1. The molecule has 1 aliphatic heterocycles. The highest BCUT2D eigenvalue weighted by Gasteiger charge is 2.29. The summed E-state index contributed by atoms with van der Waals surface area (Å²) in [6.45, 7) is 10.7. The van der Waals surface area contributed by atoms with Gasteiger partial charge in [0.05, 0.1) is 5.56 Å². The quantitative estimate of drug-likeness (QED) is 0.467. The maximum Gasteiger partial charge on any atom is 0.134 e. The van der Waals surface area contributed by atoms with Crippen LogP contribution in [0.5, 0.6) is 11.5 Å². The molecule has 2 heteroatoms. The lowest BCUT2D eigenvalue weighted by molar-refractivity contribution is 0.127. The van der Waals surface area contributed by atoms with Crippen LogP contribution in [0, 0.1) is 6.92 Å². The van der Waals surface area contributed by atoms with Crippen molar-refractivity contribution < 1.29 is 9.84 Å². The van der Waals surface area contributed by atoms with E-state index in [-0.39, 0.29) is 5.60 Å². The Hall–Kier alpha value is -1.70. The number of hydrogen-bond acceptors (Lipinski definition) is 2. The average Bonchev–Trinajstić information content (AvgIpc) is 2.51. The first-order valence-corrected chi connectivity index (χ1v) is 9.23. The zero-order valence-corrected chi connectivity index (χ0v) is 15.9. The molecule has 0 saturated heterocycles. The molecule has 24 heavy (non-hydrogen) atoms. The molecular weight excluding hydrogens is 296 g/mol. The topological polar surface area (TPSA) is 29.5 Å². The number of benzene rings is 1. The van der Waals surface area contributed by atoms with Crippen LogP contribution in [0.4, 0.5) is 0 Å². The van der Waals surface area contributed by atoms with Crippen LogP contribution in [0.2, 0.25) is 0 Å². The van der Waals surface area contributed by atoms with Gasteiger partial charge < -0.3 is 9.84 Å². The highest BCUT2D eigenvalue weighted by atomic mass is 16.5. The Labute approximate surface area is 147 Å². The van der Waals surface area contributed by atoms with Gasteiger partial charge >= 0.3 is 0 Å². The van der Waals surface area contributed by atoms with Gasteiger partial charge in [-0.05, 0) is 82.7 Å². The number of hydrogen-bond donors (Lipinski definition) is 1. The zero-order chi connectivity index (χ0) is 17.7. The number of ether oxygens (including phenoxy) is 1. The van der Waals surface area contributed by atoms with Crippen molar-refractivity contribution in [2.75, 3.05) is 0 Å². The lowest BCUT2D eigenvalue weighted by atomic mass is 9.91. The highest BCUT2D eigenvalue weighted by molar-refractivity contribution is 5.70. The van der Waals surface area contributed by atoms with Crippen molar-refractivity contribution in [2.45, 2.75) is 78.7 Å². The van der Waals surface area contributed by atoms with Gasteiger partial charge in [-0.1, -0.05) is 31.4 Å². The summed E-state index contributed by atoms with van der Waals surface area (Å²) in [5.41, 5.74) is 4.24. The number of rotatable bonds is 7. The molecule has 0 bridgehead atoms. The Morgan fingerprint density at radius 3 is 2.71 bits per heavy atom. The van der Waals surface area contributed by atoms with Gasteiger partial charge in [0.25, 0.3) is 0 Å². The minimum Gasteiger partial charge on any atom is -0.507 e. The van der Waals surface area contributed by atoms with E-state index >= 15 is 0 Å². The van der Waals surface area contributed by atoms with E-state index in [1.165, 1.54) is 29.5 Å². The summed E-state index contributed by atoms with van der Waals surface area (Å²) < 4.78 is 6.38. The van der Waals surface area contributed by atoms with E-state index in [4.69, 9.17) is 4.74 Å². The lowest BCUT2D eigenvalue weighted by Crippen LogP contribution is -2.32. The van der Waals surface area contributed by atoms with Crippen LogP contribution in [0.15, 0.2) is 23.8 Å². The molecule has 0 saturated carbocycles. The van der Waals surface area contributed by atoms with Crippen LogP contribution in [-0.2, 0) is 6.42 Å². The van der Waals surface area contributed by atoms with Crippen LogP contribution in [-0.4, -0.2) is 10.7 Å². The van der Waals surface area contributed by atoms with E-state index in [1.54, 1.807) is 0 Å². The molecule has 0 fully saturated rings. The second-order valence-electron chi connectivity index (χ2n) is 7.45. The van der Waals surface area contributed by atoms with Gasteiger partial charge in [-0.3, -0.25) is 0 Å². The maximum atomic E-state index is 10.4. The summed E-state index contributed by atoms with van der Waals surface area (Å²) in [6, 6.07) is 1.92. The predicted octanol–water partition coefficient (Wildman–Crippen LogP) is 6.34. The van der Waals surface area contributed by atoms with Crippen LogP contribution in [0.3, 0.4) is 0 Å². The fourth-order valence-corrected chi connectivity index (χ4v) is 3.24. The predicted molar refractivity (Wildman–Crippen MR) is 103 cm³/mol. The van der Waals surface area contributed by atoms with Gasteiger partial charge in [0.1, 0.15) is 17.1 Å². The average molecular weight is 328 g/mol. The molecule has 0 spiro atoms. The third-order valence-corrected chi connectivity index (χ3v) is 4.83. The van der Waals surface area contributed by atoms with Gasteiger partial charge in [0.2, 0.25) is 0 Å². The van der Waals surface area contributed by atoms with Crippen molar-refractivity contribution >= 4 is 6.08 Å². The summed E-state index contributed by atoms with van der Waals surface area (Å²) in [6.07, 6.45) is 12.9. The van der Waals surface area contributed by atoms with E-state index < -0.39 is 0 Å². The summed E-state index contributed by atoms with van der Waals surface area (Å²) in [4.78, 5) is 0. The van der Waals surface area contributed by atoms with Gasteiger partial charge in [0, 0.05) is 0 Å². The van der Waals surface area contributed by atoms with Crippen molar-refractivity contribution in [1.82, 2.24) is 0 Å². The van der Waals surface area contributed by atoms with E-state index in [0.29, 0.717) is 5.75 Å². The summed E-state index contributed by atoms with van der Waals surface area (Å²) >= 11 is 0. The maximum absolute atomic E-state index is 10.4. The van der Waals surface area contributed by atoms with Crippen molar-refractivity contribution in [2.24, 2.45) is 0 Å². The Bertz CT molecular complexity index is 636. The Kier molecular flexibility index (Phi) is 6.15. The lowest BCUT2D eigenvalue weighted by Gasteiger charge is -2.33. The Morgan fingerprint density at radius 2 is 2.04 bits per heavy atom. The van der Waals surface area contributed by atoms with Gasteiger partial charge in [-0.2, -0.15) is 0 Å². The van der Waals surface area contributed by atoms with Crippen LogP contribution < -0.4 is 4.74 Å². The summed E-state index contributed by atoms with van der Waals surface area (Å²) in [7, 11) is 0. The van der Waals surface area contributed by atoms with E-state index in [1.807, 2.05) is 12.1 Å². The number of phenols is 1. The molecule has 0 radical (unpaired) electrons. The number of aromatic hydroxyl groups is 1. The standard InChI is InChI=1S/C22H32O2/c1-6-7-8-11-18-15-20(23)19-12-14-22(5,13-9-10-16(2)3)24-21(19)17(18)4/h10,12,14-15,23H,6-9,11,13H2,1-5H3. The third kappa shape index (κ3) is 4.43. The smallest absolute Gasteiger partial charge is 0.134 e. The molecule has 2 nitrogen and oxygen atoms in total. The molecule has 0 aromatic heterocycles. The summed E-state index contributed by atoms with van der Waals surface area (Å²) in [5.74, 6) is 1.20. The number of phenolic OH excluding ortho intramolecular Hbond substituents is 1. The first-order chi connectivity index (χ1) is 11.4. The molecule has 1 N–H and O–H groups in total. The van der Waals surface area contributed by atoms with Crippen LogP contribution >= 0.6 is 0 Å². The molecule has 1 aliphatic rings. The molecule has 2 rings (SSSR count). The second kappa shape index (κ2) is 7.92. The molecule has 132 valence electrons. The van der Waals surface area contributed by atoms with Crippen molar-refractivity contribution in [3.63, 3.8) is 0 Å². The molecule has 0 amide bonds. The van der Waals surface area contributed by atoms with Crippen molar-refractivity contribution in [3.8, 4) is 11.5 Å². The summed E-state index contributed by atoms with van der Waals surface area (Å²) in [5, 5.41) is 10.4. The molecule has 1 heterocycles. The molecular formula is C22H32O2. The van der Waals surface area contributed by atoms with E-state index in [9.17, 15) is 5.11 Å². The van der Waals surface area contributed by atoms with E-state index in [2.05, 4.69) is 46.8 Å². The largest absolute Gasteiger partial charge is 0.507 e. The molecule has 1 unspecified atom stereocenters. The van der Waals surface area contributed by atoms with Gasteiger partial charge in [0.15, 0.2) is 0 Å². The third-order valence-electron chi connectivity index (χ3n) is 4.83. The molecule has 1 aromatic carbocycles. The Morgan fingerprint density at radius 1 is 1.29 bits per heavy atom. The minimum atomic E-state index is -0.307. The number of unbranched alkanes of at least 4 members (excludes halogenated alkanes) is 2. The Balaban J connectivity index is 2.23. The molecule has 1 atom stereocenters. The van der Waals surface area contributed by atoms with Crippen molar-refractivity contribution in [1.29, 1.82) is 0 Å².